The summed E-state index contributed by atoms with van der Waals surface area (Å²) < 4.78 is 37.7. The Morgan fingerprint density at radius 2 is 0.798 bits per heavy atom. The summed E-state index contributed by atoms with van der Waals surface area (Å²) >= 11 is -1.07. The summed E-state index contributed by atoms with van der Waals surface area (Å²) in [5, 5.41) is 12.3. The molecule has 3 unspecified atom stereocenters. The number of benzene rings is 3. The molecular weight excluding hydrogens is 1630 g/mol. The molecule has 3 aliphatic carbocycles. The molecule has 3 amide bonds. The normalized spacial score (nSPS) is 17.9. The summed E-state index contributed by atoms with van der Waals surface area (Å²) in [6.45, 7) is 48.2. The molecule has 0 spiro atoms. The SMILES string of the molecule is C#CCCC[C@@H]1CC1OC(=O)N[C@H](C(=O)OC(C)(C)C)C(C)(C)C.C/C=C/CCC[C@@H]1CC1OC(=O)N[C@H](C(=O)OC(C)(C)C)C(C)(C)C.C=C(C)CCC[C@@H]1CC1OC(=O)N[C@H](C(=O)OC(C)(C)C)C(C)(C)C.CCC[CH2][SnH]([CH2]CCC)[CH2]CCC.[Cl][Pd][Cl].c1ccc(P(c2ccccc2)c2ccccc2)cc1. The van der Waals surface area contributed by atoms with E-state index in [0.29, 0.717) is 17.8 Å². The fourth-order valence-electron chi connectivity index (χ4n) is 11.7. The van der Waals surface area contributed by atoms with Gasteiger partial charge in [0.2, 0.25) is 0 Å². The third kappa shape index (κ3) is 48.9. The van der Waals surface area contributed by atoms with Gasteiger partial charge < -0.3 is 44.4 Å². The largest absolute Gasteiger partial charge is 0.0622 e. The van der Waals surface area contributed by atoms with E-state index in [1.807, 2.05) is 118 Å². The van der Waals surface area contributed by atoms with Crippen LogP contribution in [0.4, 0.5) is 14.4 Å². The molecule has 20 heteroatoms. The van der Waals surface area contributed by atoms with Crippen LogP contribution >= 0.6 is 27.0 Å². The predicted molar refractivity (Wildman–Crippen MR) is 455 cm³/mol. The first-order valence-electron chi connectivity index (χ1n) is 39.9. The van der Waals surface area contributed by atoms with Crippen LogP contribution < -0.4 is 31.9 Å². The minimum Gasteiger partial charge on any atom is -0.0622 e. The number of unbranched alkanes of at least 4 members (excludes halogenated alkanes) is 5. The molecule has 3 aliphatic rings. The van der Waals surface area contributed by atoms with Crippen LogP contribution in [0.5, 0.6) is 0 Å². The van der Waals surface area contributed by atoms with E-state index >= 15 is 0 Å². The van der Waals surface area contributed by atoms with Crippen LogP contribution in [0.25, 0.3) is 0 Å². The van der Waals surface area contributed by atoms with Crippen LogP contribution in [0.3, 0.4) is 0 Å². The third-order valence-corrected chi connectivity index (χ3v) is 30.8. The molecule has 3 N–H and O–H groups in total. The average molecular weight is 1780 g/mol. The van der Waals surface area contributed by atoms with Crippen molar-refractivity contribution >= 4 is 98.8 Å². The van der Waals surface area contributed by atoms with Crippen LogP contribution in [0.15, 0.2) is 115 Å². The average Bonchev–Trinajstić information content (AvgIpc) is 1.81. The number of rotatable bonds is 32. The molecule has 0 heterocycles. The minimum absolute atomic E-state index is 0.0233. The summed E-state index contributed by atoms with van der Waals surface area (Å²) in [7, 11) is 9.18. The Kier molecular flexibility index (Phi) is 49.5. The second kappa shape index (κ2) is 52.7. The van der Waals surface area contributed by atoms with E-state index in [0.717, 1.165) is 77.0 Å². The van der Waals surface area contributed by atoms with Gasteiger partial charge in [-0.2, -0.15) is 0 Å². The van der Waals surface area contributed by atoms with Gasteiger partial charge in [-0.3, -0.25) is 0 Å². The van der Waals surface area contributed by atoms with Crippen molar-refractivity contribution in [3.05, 3.63) is 115 Å². The van der Waals surface area contributed by atoms with Gasteiger partial charge in [-0.15, -0.1) is 18.9 Å². The molecule has 3 aromatic rings. The van der Waals surface area contributed by atoms with Crippen molar-refractivity contribution in [1.29, 1.82) is 0 Å². The molecule has 3 saturated carbocycles. The number of hydrogen-bond donors (Lipinski definition) is 3. The van der Waals surface area contributed by atoms with Gasteiger partial charge in [0, 0.05) is 6.42 Å². The predicted octanol–water partition coefficient (Wildman–Crippen LogP) is 22.3. The fraction of sp³-hybridized carbons (Fsp3) is 0.663. The second-order valence-corrected chi connectivity index (χ2v) is 49.8. The molecule has 109 heavy (non-hydrogen) atoms. The topological polar surface area (TPSA) is 194 Å². The van der Waals surface area contributed by atoms with Gasteiger partial charge in [0.25, 0.3) is 0 Å². The van der Waals surface area contributed by atoms with Gasteiger partial charge in [-0.1, -0.05) is 171 Å². The molecule has 0 bridgehead atoms. The van der Waals surface area contributed by atoms with Crippen LogP contribution in [0.1, 0.15) is 275 Å². The first-order valence-corrected chi connectivity index (χ1v) is 52.3. The van der Waals surface area contributed by atoms with E-state index in [1.165, 1.54) is 60.0 Å². The zero-order valence-corrected chi connectivity index (χ0v) is 78.4. The number of nitrogens with one attached hydrogen (secondary N) is 3. The van der Waals surface area contributed by atoms with E-state index in [4.69, 9.17) is 53.9 Å². The molecule has 15 nitrogen and oxygen atoms in total. The molecular formula is C89H144Cl2N3O12PPdSn. The summed E-state index contributed by atoms with van der Waals surface area (Å²) in [5.41, 5.74) is -2.02. The van der Waals surface area contributed by atoms with E-state index in [1.54, 1.807) is 34.1 Å². The van der Waals surface area contributed by atoms with Gasteiger partial charge in [-0.05, 0) is 205 Å². The molecule has 3 fully saturated rings. The van der Waals surface area contributed by atoms with Crippen molar-refractivity contribution in [2.45, 2.75) is 341 Å². The molecule has 620 valence electrons. The fourth-order valence-corrected chi connectivity index (χ4v) is 24.9. The first-order chi connectivity index (χ1) is 50.9. The van der Waals surface area contributed by atoms with E-state index < -0.39 is 115 Å². The van der Waals surface area contributed by atoms with Gasteiger partial charge in [0.05, 0.1) is 0 Å². The maximum atomic E-state index is 12.4. The third-order valence-electron chi connectivity index (χ3n) is 17.9. The van der Waals surface area contributed by atoms with Crippen LogP contribution in [0.2, 0.25) is 13.3 Å². The number of esters is 3. The van der Waals surface area contributed by atoms with E-state index in [2.05, 4.69) is 152 Å². The number of allylic oxidation sites excluding steroid dienone is 3. The summed E-state index contributed by atoms with van der Waals surface area (Å²) in [4.78, 5) is 73.7. The Bertz CT molecular complexity index is 3040. The number of carbonyl (C=O) groups excluding carboxylic acids is 6. The van der Waals surface area contributed by atoms with Crippen LogP contribution in [-0.4, -0.2) is 109 Å². The number of terminal acetylenes is 1. The Morgan fingerprint density at radius 1 is 0.514 bits per heavy atom. The van der Waals surface area contributed by atoms with Gasteiger partial charge in [0.15, 0.2) is 0 Å². The second-order valence-electron chi connectivity index (χ2n) is 35.4. The number of ether oxygens (including phenoxy) is 6. The first kappa shape index (κ1) is 102. The molecule has 0 aliphatic heterocycles. The quantitative estimate of drug-likeness (QED) is 0.0102. The number of alkyl carbamates (subject to hydrolysis) is 3. The zero-order valence-electron chi connectivity index (χ0n) is 71.1. The van der Waals surface area contributed by atoms with Crippen molar-refractivity contribution in [3.63, 3.8) is 0 Å². The number of hydrogen-bond acceptors (Lipinski definition) is 12. The molecule has 0 radical (unpaired) electrons. The van der Waals surface area contributed by atoms with Crippen molar-refractivity contribution in [2.75, 3.05) is 0 Å². The Morgan fingerprint density at radius 3 is 1.05 bits per heavy atom. The molecule has 3 aromatic carbocycles. The molecule has 9 atom stereocenters. The molecule has 6 rings (SSSR count). The smallest absolute Gasteiger partial charge is 0.0134 e. The Hall–Kier alpha value is -4.61. The number of amides is 3. The van der Waals surface area contributed by atoms with Gasteiger partial charge >= 0.3 is 164 Å². The minimum atomic E-state index is -0.967. The monoisotopic (exact) mass is 1770 g/mol. The van der Waals surface area contributed by atoms with Crippen molar-refractivity contribution in [3.8, 4) is 12.3 Å². The van der Waals surface area contributed by atoms with Gasteiger partial charge in [-0.25, -0.2) is 28.8 Å². The maximum Gasteiger partial charge on any atom is -0.0134 e. The molecule has 0 saturated heterocycles. The van der Waals surface area contributed by atoms with Crippen LogP contribution in [-0.2, 0) is 58.7 Å². The summed E-state index contributed by atoms with van der Waals surface area (Å²) in [6.07, 6.45) is 28.3. The maximum absolute atomic E-state index is 12.4. The van der Waals surface area contributed by atoms with Gasteiger partial charge in [0.1, 0.15) is 53.2 Å². The van der Waals surface area contributed by atoms with Crippen molar-refractivity contribution < 1.29 is 73.1 Å². The number of halogens is 2. The van der Waals surface area contributed by atoms with Crippen molar-refractivity contribution in [1.82, 2.24) is 16.0 Å². The van der Waals surface area contributed by atoms with E-state index in [9.17, 15) is 28.8 Å². The van der Waals surface area contributed by atoms with E-state index in [-0.39, 0.29) is 34.3 Å². The Labute approximate surface area is 685 Å². The summed E-state index contributed by atoms with van der Waals surface area (Å²) in [5.74, 6) is 2.55. The number of carbonyl (C=O) groups is 6. The zero-order chi connectivity index (χ0) is 82.8. The molecule has 0 aromatic heterocycles. The van der Waals surface area contributed by atoms with Crippen molar-refractivity contribution in [2.24, 2.45) is 34.0 Å². The Balaban J connectivity index is 0.000000684. The van der Waals surface area contributed by atoms with Crippen LogP contribution in [0, 0.1) is 46.3 Å². The summed E-state index contributed by atoms with van der Waals surface area (Å²) in [6, 6.07) is 30.1. The standard InChI is InChI=1S/2C20H35NO4.C19H31NO4.C18H15P.3C4H9.2ClH.Pd.Sn.H/c1-13(2)10-9-11-14-12-15(14)24-18(23)21-16(19(3,4)5)17(22)25-20(6,7)8;1-8-9-10-11-12-14-13-15(14)24-18(23)21-16(19(2,3)4)17(22)25-20(5,6)7;1-8-9-10-11-13-12-14(13)23-17(22)20-15(18(2,3)4)16(21)24-19(5,6)7;1-4-10-16(11-5-1)19(17-12-6-2-7-13-17)18-14-8-3-9-15-18;3*1-3-4-2;;;;;/h14-16H,1,9-12H2,2-8H3,(H,21,23);8-9,14-16H,10-13H2,1-7H3,(H,21,23);1,13-15H,9-12H2,2-7H3,(H,20,22);1-15H;3*1,3-4H2,2H3;2*1H;;;/q;;;;;;;;;+2;;/p-2/b;9-8+;;;;;;;;;;/t2*14-,15?,16-;13-,14?,15-;;;;;;;;;/m111........./s1.